The molecular formula is C10H10FNO. The molecule has 0 spiro atoms. The van der Waals surface area contributed by atoms with E-state index < -0.39 is 5.91 Å². The Morgan fingerprint density at radius 1 is 1.38 bits per heavy atom. The molecule has 13 heavy (non-hydrogen) atoms. The predicted octanol–water partition coefficient (Wildman–Crippen LogP) is 1.71. The molecule has 0 heterocycles. The highest BCUT2D eigenvalue weighted by atomic mass is 19.1. The molecule has 0 fully saturated rings. The quantitative estimate of drug-likeness (QED) is 0.690. The van der Waals surface area contributed by atoms with Crippen LogP contribution in [0.4, 0.5) is 4.39 Å². The fraction of sp³-hybridized carbons (Fsp3) is 0.100. The molecular weight excluding hydrogens is 169 g/mol. The molecule has 2 nitrogen and oxygen atoms in total. The number of halogens is 1. The number of carbonyl (C=O) groups is 1. The number of hydrogen-bond acceptors (Lipinski definition) is 1. The van der Waals surface area contributed by atoms with Crippen molar-refractivity contribution in [2.24, 2.45) is 5.73 Å². The van der Waals surface area contributed by atoms with Gasteiger partial charge < -0.3 is 5.73 Å². The van der Waals surface area contributed by atoms with Crippen LogP contribution < -0.4 is 5.73 Å². The number of primary amides is 1. The standard InChI is InChI=1S/C10H10FNO/c1-7(6-10(12)13)8-2-4-9(11)5-3-8/h2-6H,1H3,(H2,12,13)/b7-6+. The maximum atomic E-state index is 12.5. The molecule has 1 aromatic rings. The van der Waals surface area contributed by atoms with Crippen molar-refractivity contribution in [1.29, 1.82) is 0 Å². The van der Waals surface area contributed by atoms with Crippen molar-refractivity contribution in [2.75, 3.05) is 0 Å². The molecule has 0 aliphatic rings. The van der Waals surface area contributed by atoms with Crippen LogP contribution in [0.25, 0.3) is 5.57 Å². The number of carbonyl (C=O) groups excluding carboxylic acids is 1. The molecule has 0 aliphatic heterocycles. The lowest BCUT2D eigenvalue weighted by Crippen LogP contribution is -2.06. The Morgan fingerprint density at radius 2 is 1.92 bits per heavy atom. The molecule has 0 saturated heterocycles. The second kappa shape index (κ2) is 3.85. The summed E-state index contributed by atoms with van der Waals surface area (Å²) in [5.74, 6) is -0.794. The van der Waals surface area contributed by atoms with Crippen molar-refractivity contribution in [3.05, 3.63) is 41.7 Å². The molecule has 0 saturated carbocycles. The van der Waals surface area contributed by atoms with Gasteiger partial charge in [-0.05, 0) is 30.2 Å². The highest BCUT2D eigenvalue weighted by molar-refractivity contribution is 5.93. The maximum Gasteiger partial charge on any atom is 0.241 e. The van der Waals surface area contributed by atoms with Crippen LogP contribution in [-0.4, -0.2) is 5.91 Å². The number of benzene rings is 1. The molecule has 0 radical (unpaired) electrons. The summed E-state index contributed by atoms with van der Waals surface area (Å²) in [5, 5.41) is 0. The van der Waals surface area contributed by atoms with Crippen molar-refractivity contribution in [3.8, 4) is 0 Å². The summed E-state index contributed by atoms with van der Waals surface area (Å²) < 4.78 is 12.5. The summed E-state index contributed by atoms with van der Waals surface area (Å²) in [4.78, 5) is 10.5. The summed E-state index contributed by atoms with van der Waals surface area (Å²) in [7, 11) is 0. The highest BCUT2D eigenvalue weighted by Crippen LogP contribution is 2.13. The van der Waals surface area contributed by atoms with Gasteiger partial charge in [-0.2, -0.15) is 0 Å². The smallest absolute Gasteiger partial charge is 0.241 e. The number of rotatable bonds is 2. The molecule has 1 amide bonds. The first-order chi connectivity index (χ1) is 6.09. The van der Waals surface area contributed by atoms with Crippen LogP contribution >= 0.6 is 0 Å². The number of nitrogens with two attached hydrogens (primary N) is 1. The van der Waals surface area contributed by atoms with Gasteiger partial charge in [0.2, 0.25) is 5.91 Å². The lowest BCUT2D eigenvalue weighted by atomic mass is 10.1. The summed E-state index contributed by atoms with van der Waals surface area (Å²) in [6.07, 6.45) is 1.31. The van der Waals surface area contributed by atoms with Crippen molar-refractivity contribution in [3.63, 3.8) is 0 Å². The summed E-state index contributed by atoms with van der Waals surface area (Å²) in [6.45, 7) is 1.75. The number of amides is 1. The van der Waals surface area contributed by atoms with Gasteiger partial charge in [0, 0.05) is 6.08 Å². The Kier molecular flexibility index (Phi) is 2.80. The van der Waals surface area contributed by atoms with Crippen LogP contribution in [0.1, 0.15) is 12.5 Å². The number of hydrogen-bond donors (Lipinski definition) is 1. The molecule has 0 aliphatic carbocycles. The zero-order valence-corrected chi connectivity index (χ0v) is 7.25. The first-order valence-electron chi connectivity index (χ1n) is 3.83. The third-order valence-electron chi connectivity index (χ3n) is 1.66. The molecule has 3 heteroatoms. The van der Waals surface area contributed by atoms with Gasteiger partial charge in [0.25, 0.3) is 0 Å². The third kappa shape index (κ3) is 2.71. The van der Waals surface area contributed by atoms with Crippen molar-refractivity contribution in [2.45, 2.75) is 6.92 Å². The normalized spacial score (nSPS) is 11.4. The van der Waals surface area contributed by atoms with Gasteiger partial charge in [-0.3, -0.25) is 4.79 Å². The topological polar surface area (TPSA) is 43.1 Å². The molecule has 0 aromatic heterocycles. The SMILES string of the molecule is C/C(=C\C(N)=O)c1ccc(F)cc1. The van der Waals surface area contributed by atoms with Crippen molar-refractivity contribution >= 4 is 11.5 Å². The van der Waals surface area contributed by atoms with Crippen LogP contribution in [0.3, 0.4) is 0 Å². The van der Waals surface area contributed by atoms with Crippen molar-refractivity contribution < 1.29 is 9.18 Å². The van der Waals surface area contributed by atoms with Crippen LogP contribution in [0.2, 0.25) is 0 Å². The van der Waals surface area contributed by atoms with Crippen LogP contribution in [0.5, 0.6) is 0 Å². The van der Waals surface area contributed by atoms with E-state index >= 15 is 0 Å². The molecule has 1 aromatic carbocycles. The Bertz CT molecular complexity index is 340. The predicted molar refractivity (Wildman–Crippen MR) is 49.2 cm³/mol. The summed E-state index contributed by atoms with van der Waals surface area (Å²) in [6, 6.07) is 5.88. The van der Waals surface area contributed by atoms with E-state index in [1.165, 1.54) is 18.2 Å². The third-order valence-corrected chi connectivity index (χ3v) is 1.66. The first-order valence-corrected chi connectivity index (χ1v) is 3.83. The maximum absolute atomic E-state index is 12.5. The van der Waals surface area contributed by atoms with Gasteiger partial charge in [-0.1, -0.05) is 12.1 Å². The Balaban J connectivity index is 2.96. The Hall–Kier alpha value is -1.64. The second-order valence-electron chi connectivity index (χ2n) is 2.74. The average molecular weight is 179 g/mol. The van der Waals surface area contributed by atoms with E-state index in [1.54, 1.807) is 19.1 Å². The molecule has 1 rings (SSSR count). The van der Waals surface area contributed by atoms with Gasteiger partial charge in [0.05, 0.1) is 0 Å². The molecule has 68 valence electrons. The molecule has 0 bridgehead atoms. The number of allylic oxidation sites excluding steroid dienone is 1. The summed E-state index contributed by atoms with van der Waals surface area (Å²) in [5.41, 5.74) is 6.49. The zero-order chi connectivity index (χ0) is 9.84. The zero-order valence-electron chi connectivity index (χ0n) is 7.25. The minimum atomic E-state index is -0.498. The van der Waals surface area contributed by atoms with Crippen LogP contribution in [-0.2, 0) is 4.79 Å². The van der Waals surface area contributed by atoms with Gasteiger partial charge >= 0.3 is 0 Å². The minimum Gasteiger partial charge on any atom is -0.366 e. The molecule has 2 N–H and O–H groups in total. The van der Waals surface area contributed by atoms with Gasteiger partial charge in [-0.15, -0.1) is 0 Å². The van der Waals surface area contributed by atoms with E-state index in [1.807, 2.05) is 0 Å². The van der Waals surface area contributed by atoms with E-state index in [2.05, 4.69) is 0 Å². The van der Waals surface area contributed by atoms with E-state index in [0.717, 1.165) is 11.1 Å². The van der Waals surface area contributed by atoms with Gasteiger partial charge in [0.1, 0.15) is 5.82 Å². The van der Waals surface area contributed by atoms with Crippen LogP contribution in [0, 0.1) is 5.82 Å². The second-order valence-corrected chi connectivity index (χ2v) is 2.74. The fourth-order valence-corrected chi connectivity index (χ4v) is 1.01. The van der Waals surface area contributed by atoms with E-state index in [9.17, 15) is 9.18 Å². The van der Waals surface area contributed by atoms with Gasteiger partial charge in [0.15, 0.2) is 0 Å². The largest absolute Gasteiger partial charge is 0.366 e. The lowest BCUT2D eigenvalue weighted by molar-refractivity contribution is -0.113. The monoisotopic (exact) mass is 179 g/mol. The van der Waals surface area contributed by atoms with E-state index in [4.69, 9.17) is 5.73 Å². The highest BCUT2D eigenvalue weighted by Gasteiger charge is 1.97. The Morgan fingerprint density at radius 3 is 2.38 bits per heavy atom. The molecule has 0 atom stereocenters. The lowest BCUT2D eigenvalue weighted by Gasteiger charge is -1.99. The summed E-state index contributed by atoms with van der Waals surface area (Å²) >= 11 is 0. The van der Waals surface area contributed by atoms with Crippen molar-refractivity contribution in [1.82, 2.24) is 0 Å². The average Bonchev–Trinajstić information content (AvgIpc) is 2.04. The minimum absolute atomic E-state index is 0.296. The Labute approximate surface area is 75.9 Å². The fourth-order valence-electron chi connectivity index (χ4n) is 1.01. The van der Waals surface area contributed by atoms with E-state index in [0.29, 0.717) is 0 Å². The van der Waals surface area contributed by atoms with E-state index in [-0.39, 0.29) is 5.82 Å². The van der Waals surface area contributed by atoms with Crippen LogP contribution in [0.15, 0.2) is 30.3 Å². The van der Waals surface area contributed by atoms with Gasteiger partial charge in [-0.25, -0.2) is 4.39 Å². The first kappa shape index (κ1) is 9.45. The molecule has 0 unspecified atom stereocenters.